The van der Waals surface area contributed by atoms with E-state index in [9.17, 15) is 4.79 Å². The third kappa shape index (κ3) is 2.86. The molecule has 0 unspecified atom stereocenters. The average molecular weight is 157 g/mol. The Labute approximate surface area is 66.5 Å². The molecule has 4 nitrogen and oxygen atoms in total. The summed E-state index contributed by atoms with van der Waals surface area (Å²) >= 11 is 0. The van der Waals surface area contributed by atoms with Crippen LogP contribution in [0.2, 0.25) is 0 Å². The summed E-state index contributed by atoms with van der Waals surface area (Å²) in [6.07, 6.45) is 2.26. The molecule has 0 aromatic rings. The number of esters is 1. The number of nitrogens with zero attached hydrogens (tertiary/aromatic N) is 2. The fourth-order valence-corrected chi connectivity index (χ4v) is 1.03. The van der Waals surface area contributed by atoms with Crippen molar-refractivity contribution in [2.24, 2.45) is 0 Å². The number of ether oxygens (including phenoxy) is 1. The van der Waals surface area contributed by atoms with Gasteiger partial charge in [0, 0.05) is 13.1 Å². The van der Waals surface area contributed by atoms with Crippen molar-refractivity contribution in [2.75, 3.05) is 26.7 Å². The van der Waals surface area contributed by atoms with E-state index < -0.39 is 0 Å². The monoisotopic (exact) mass is 157 g/mol. The molecule has 1 heterocycles. The Morgan fingerprint density at radius 2 is 2.45 bits per heavy atom. The van der Waals surface area contributed by atoms with Crippen LogP contribution < -0.4 is 5.43 Å². The SMILES string of the molecule is COC(=O)CN1CCCC[N]1. The molecule has 1 radical (unpaired) electrons. The lowest BCUT2D eigenvalue weighted by Crippen LogP contribution is -2.41. The number of carbonyl (C=O) groups excluding carboxylic acids is 1. The zero-order chi connectivity index (χ0) is 8.10. The Morgan fingerprint density at radius 1 is 1.64 bits per heavy atom. The predicted octanol–water partition coefficient (Wildman–Crippen LogP) is -0.225. The molecule has 0 N–H and O–H groups in total. The van der Waals surface area contributed by atoms with Gasteiger partial charge in [0.15, 0.2) is 0 Å². The van der Waals surface area contributed by atoms with Crippen LogP contribution in [0.25, 0.3) is 0 Å². The van der Waals surface area contributed by atoms with E-state index in [1.807, 2.05) is 0 Å². The minimum Gasteiger partial charge on any atom is -0.468 e. The van der Waals surface area contributed by atoms with E-state index in [1.54, 1.807) is 5.01 Å². The first kappa shape index (κ1) is 8.49. The molecule has 0 aromatic heterocycles. The summed E-state index contributed by atoms with van der Waals surface area (Å²) in [6, 6.07) is 0. The van der Waals surface area contributed by atoms with Crippen LogP contribution in [0.15, 0.2) is 0 Å². The maximum absolute atomic E-state index is 10.8. The van der Waals surface area contributed by atoms with E-state index in [0.717, 1.165) is 25.9 Å². The van der Waals surface area contributed by atoms with Gasteiger partial charge in [-0.05, 0) is 12.8 Å². The molecule has 1 aliphatic rings. The molecule has 11 heavy (non-hydrogen) atoms. The minimum atomic E-state index is -0.212. The van der Waals surface area contributed by atoms with Crippen molar-refractivity contribution < 1.29 is 9.53 Å². The Hall–Kier alpha value is -0.610. The molecule has 1 rings (SSSR count). The van der Waals surface area contributed by atoms with Gasteiger partial charge in [-0.1, -0.05) is 0 Å². The lowest BCUT2D eigenvalue weighted by Gasteiger charge is -2.23. The van der Waals surface area contributed by atoms with E-state index in [4.69, 9.17) is 0 Å². The Balaban J connectivity index is 2.19. The standard InChI is InChI=1S/C7H13N2O2/c1-11-7(10)6-9-5-3-2-4-8-9/h2-6H2,1H3. The van der Waals surface area contributed by atoms with Crippen molar-refractivity contribution in [3.8, 4) is 0 Å². The van der Waals surface area contributed by atoms with Gasteiger partial charge in [0.05, 0.1) is 7.11 Å². The topological polar surface area (TPSA) is 43.6 Å². The van der Waals surface area contributed by atoms with Crippen molar-refractivity contribution in [1.82, 2.24) is 10.4 Å². The molecule has 0 spiro atoms. The molecule has 1 aliphatic heterocycles. The summed E-state index contributed by atoms with van der Waals surface area (Å²) in [5.74, 6) is -0.212. The maximum Gasteiger partial charge on any atom is 0.321 e. The second kappa shape index (κ2) is 4.31. The molecule has 63 valence electrons. The van der Waals surface area contributed by atoms with Gasteiger partial charge in [0.1, 0.15) is 6.54 Å². The van der Waals surface area contributed by atoms with Crippen LogP contribution in [0, 0.1) is 0 Å². The zero-order valence-corrected chi connectivity index (χ0v) is 6.75. The molecule has 4 heteroatoms. The van der Waals surface area contributed by atoms with Crippen molar-refractivity contribution in [3.05, 3.63) is 0 Å². The van der Waals surface area contributed by atoms with Crippen LogP contribution in [0.3, 0.4) is 0 Å². The van der Waals surface area contributed by atoms with E-state index in [0.29, 0.717) is 6.54 Å². The summed E-state index contributed by atoms with van der Waals surface area (Å²) in [5, 5.41) is 1.77. The van der Waals surface area contributed by atoms with Crippen molar-refractivity contribution >= 4 is 5.97 Å². The fourth-order valence-electron chi connectivity index (χ4n) is 1.03. The summed E-state index contributed by atoms with van der Waals surface area (Å²) in [5.41, 5.74) is 4.15. The highest BCUT2D eigenvalue weighted by molar-refractivity contribution is 5.71. The van der Waals surface area contributed by atoms with Crippen LogP contribution in [-0.4, -0.2) is 37.7 Å². The average Bonchev–Trinajstić information content (AvgIpc) is 2.06. The zero-order valence-electron chi connectivity index (χ0n) is 6.75. The van der Waals surface area contributed by atoms with Crippen LogP contribution in [0.5, 0.6) is 0 Å². The summed E-state index contributed by atoms with van der Waals surface area (Å²) in [7, 11) is 1.40. The maximum atomic E-state index is 10.8. The van der Waals surface area contributed by atoms with Gasteiger partial charge in [-0.25, -0.2) is 5.01 Å². The van der Waals surface area contributed by atoms with Crippen LogP contribution >= 0.6 is 0 Å². The number of carbonyl (C=O) groups is 1. The molecular formula is C7H13N2O2. The lowest BCUT2D eigenvalue weighted by atomic mass is 10.3. The van der Waals surface area contributed by atoms with Gasteiger partial charge in [-0.15, -0.1) is 0 Å². The first-order valence-corrected chi connectivity index (χ1v) is 3.82. The largest absolute Gasteiger partial charge is 0.468 e. The number of methoxy groups -OCH3 is 1. The van der Waals surface area contributed by atoms with E-state index in [-0.39, 0.29) is 5.97 Å². The van der Waals surface area contributed by atoms with E-state index in [2.05, 4.69) is 10.2 Å². The van der Waals surface area contributed by atoms with Gasteiger partial charge < -0.3 is 4.74 Å². The molecule has 0 atom stereocenters. The Morgan fingerprint density at radius 3 is 3.00 bits per heavy atom. The van der Waals surface area contributed by atoms with Crippen LogP contribution in [-0.2, 0) is 9.53 Å². The third-order valence-corrected chi connectivity index (χ3v) is 1.66. The first-order valence-electron chi connectivity index (χ1n) is 3.82. The molecular weight excluding hydrogens is 144 g/mol. The van der Waals surface area contributed by atoms with Gasteiger partial charge in [-0.2, -0.15) is 5.43 Å². The second-order valence-corrected chi connectivity index (χ2v) is 2.54. The molecule has 0 amide bonds. The quantitative estimate of drug-likeness (QED) is 0.520. The van der Waals surface area contributed by atoms with Crippen molar-refractivity contribution in [2.45, 2.75) is 12.8 Å². The highest BCUT2D eigenvalue weighted by Crippen LogP contribution is 2.00. The van der Waals surface area contributed by atoms with Crippen molar-refractivity contribution in [1.29, 1.82) is 0 Å². The highest BCUT2D eigenvalue weighted by Gasteiger charge is 2.14. The van der Waals surface area contributed by atoms with Crippen LogP contribution in [0.4, 0.5) is 0 Å². The number of rotatable bonds is 2. The highest BCUT2D eigenvalue weighted by atomic mass is 16.5. The summed E-state index contributed by atoms with van der Waals surface area (Å²) < 4.78 is 4.51. The van der Waals surface area contributed by atoms with Crippen molar-refractivity contribution in [3.63, 3.8) is 0 Å². The Bertz CT molecular complexity index is 132. The summed E-state index contributed by atoms with van der Waals surface area (Å²) in [6.45, 7) is 2.03. The predicted molar refractivity (Wildman–Crippen MR) is 39.8 cm³/mol. The fraction of sp³-hybridized carbons (Fsp3) is 0.857. The van der Waals surface area contributed by atoms with Crippen LogP contribution in [0.1, 0.15) is 12.8 Å². The molecule has 0 aliphatic carbocycles. The number of hydrogen-bond donors (Lipinski definition) is 0. The normalized spacial score (nSPS) is 19.7. The van der Waals surface area contributed by atoms with Gasteiger partial charge in [0.25, 0.3) is 0 Å². The lowest BCUT2D eigenvalue weighted by molar-refractivity contribution is -0.143. The second-order valence-electron chi connectivity index (χ2n) is 2.54. The smallest absolute Gasteiger partial charge is 0.321 e. The molecule has 1 fully saturated rings. The Kier molecular flexibility index (Phi) is 3.32. The summed E-state index contributed by atoms with van der Waals surface area (Å²) in [4.78, 5) is 10.8. The first-order chi connectivity index (χ1) is 5.33. The molecule has 0 aromatic carbocycles. The molecule has 0 bridgehead atoms. The van der Waals surface area contributed by atoms with E-state index in [1.165, 1.54) is 7.11 Å². The van der Waals surface area contributed by atoms with Gasteiger partial charge >= 0.3 is 5.97 Å². The molecule has 1 saturated heterocycles. The third-order valence-electron chi connectivity index (χ3n) is 1.66. The molecule has 0 saturated carbocycles. The van der Waals surface area contributed by atoms with E-state index >= 15 is 0 Å². The van der Waals surface area contributed by atoms with Gasteiger partial charge in [0.2, 0.25) is 0 Å². The minimum absolute atomic E-state index is 0.212. The number of hydrogen-bond acceptors (Lipinski definition) is 3. The van der Waals surface area contributed by atoms with Gasteiger partial charge in [-0.3, -0.25) is 4.79 Å².